The first-order valence-corrected chi connectivity index (χ1v) is 7.45. The van der Waals surface area contributed by atoms with E-state index in [1.807, 2.05) is 7.05 Å². The molecule has 0 spiro atoms. The molecule has 0 aliphatic rings. The maximum Gasteiger partial charge on any atom is 0.163 e. The van der Waals surface area contributed by atoms with Crippen LogP contribution >= 0.6 is 0 Å². The SMILES string of the molecule is CCCc1nc(N[C@@H](C)Cn2cncn2)c2cnn(C)c2n1. The number of nitrogens with one attached hydrogen (secondary N) is 1. The number of aryl methyl sites for hydroxylation is 2. The second kappa shape index (κ2) is 6.08. The molecule has 22 heavy (non-hydrogen) atoms. The first kappa shape index (κ1) is 14.4. The molecule has 1 N–H and O–H groups in total. The monoisotopic (exact) mass is 300 g/mol. The predicted molar refractivity (Wildman–Crippen MR) is 83.4 cm³/mol. The van der Waals surface area contributed by atoms with Crippen LogP contribution in [0, 0.1) is 0 Å². The highest BCUT2D eigenvalue weighted by atomic mass is 15.3. The van der Waals surface area contributed by atoms with E-state index in [0.29, 0.717) is 0 Å². The summed E-state index contributed by atoms with van der Waals surface area (Å²) in [5.41, 5.74) is 0.855. The predicted octanol–water partition coefficient (Wildman–Crippen LogP) is 1.41. The van der Waals surface area contributed by atoms with E-state index in [1.165, 1.54) is 6.33 Å². The highest BCUT2D eigenvalue weighted by Crippen LogP contribution is 2.21. The molecule has 3 heterocycles. The summed E-state index contributed by atoms with van der Waals surface area (Å²) >= 11 is 0. The van der Waals surface area contributed by atoms with Crippen molar-refractivity contribution in [3.8, 4) is 0 Å². The summed E-state index contributed by atoms with van der Waals surface area (Å²) in [6, 6.07) is 0.162. The Kier molecular flexibility index (Phi) is 3.99. The summed E-state index contributed by atoms with van der Waals surface area (Å²) in [6.07, 6.45) is 6.91. The summed E-state index contributed by atoms with van der Waals surface area (Å²) in [5.74, 6) is 1.67. The molecule has 0 saturated heterocycles. The minimum atomic E-state index is 0.162. The lowest BCUT2D eigenvalue weighted by molar-refractivity contribution is 0.558. The molecule has 1 atom stereocenters. The average molecular weight is 300 g/mol. The fourth-order valence-corrected chi connectivity index (χ4v) is 2.40. The largest absolute Gasteiger partial charge is 0.365 e. The second-order valence-corrected chi connectivity index (χ2v) is 5.41. The average Bonchev–Trinajstić information content (AvgIpc) is 3.10. The van der Waals surface area contributed by atoms with Crippen LogP contribution in [0.15, 0.2) is 18.9 Å². The standard InChI is InChI=1S/C14H20N8/c1-4-5-12-19-13(11-6-16-21(3)14(11)20-12)18-10(2)7-22-9-15-8-17-22/h6,8-10H,4-5,7H2,1-3H3,(H,18,19,20)/t10-/m0/s1. The van der Waals surface area contributed by atoms with Crippen LogP contribution in [-0.2, 0) is 20.0 Å². The fourth-order valence-electron chi connectivity index (χ4n) is 2.40. The molecule has 0 aliphatic carbocycles. The second-order valence-electron chi connectivity index (χ2n) is 5.41. The Morgan fingerprint density at radius 3 is 2.86 bits per heavy atom. The van der Waals surface area contributed by atoms with Gasteiger partial charge in [0.15, 0.2) is 5.65 Å². The van der Waals surface area contributed by atoms with Crippen LogP contribution in [0.1, 0.15) is 26.1 Å². The van der Waals surface area contributed by atoms with Gasteiger partial charge in [-0.2, -0.15) is 10.2 Å². The fraction of sp³-hybridized carbons (Fsp3) is 0.500. The van der Waals surface area contributed by atoms with Gasteiger partial charge in [0.05, 0.1) is 18.1 Å². The minimum Gasteiger partial charge on any atom is -0.365 e. The zero-order valence-corrected chi connectivity index (χ0v) is 13.1. The Hall–Kier alpha value is -2.51. The number of aromatic nitrogens is 7. The van der Waals surface area contributed by atoms with Crippen molar-refractivity contribution in [1.82, 2.24) is 34.5 Å². The number of nitrogens with zero attached hydrogens (tertiary/aromatic N) is 7. The quantitative estimate of drug-likeness (QED) is 0.740. The lowest BCUT2D eigenvalue weighted by Gasteiger charge is -2.15. The minimum absolute atomic E-state index is 0.162. The van der Waals surface area contributed by atoms with Crippen molar-refractivity contribution in [3.63, 3.8) is 0 Å². The van der Waals surface area contributed by atoms with Gasteiger partial charge >= 0.3 is 0 Å². The van der Waals surface area contributed by atoms with E-state index in [0.717, 1.165) is 42.1 Å². The molecule has 116 valence electrons. The molecule has 0 aliphatic heterocycles. The van der Waals surface area contributed by atoms with Crippen molar-refractivity contribution in [1.29, 1.82) is 0 Å². The lowest BCUT2D eigenvalue weighted by atomic mass is 10.3. The van der Waals surface area contributed by atoms with Crippen LogP contribution in [-0.4, -0.2) is 40.6 Å². The summed E-state index contributed by atoms with van der Waals surface area (Å²) in [4.78, 5) is 13.2. The van der Waals surface area contributed by atoms with Crippen molar-refractivity contribution < 1.29 is 0 Å². The van der Waals surface area contributed by atoms with Crippen LogP contribution in [0.5, 0.6) is 0 Å². The Labute approximate surface area is 128 Å². The van der Waals surface area contributed by atoms with E-state index in [9.17, 15) is 0 Å². The van der Waals surface area contributed by atoms with Crippen molar-refractivity contribution in [2.75, 3.05) is 5.32 Å². The molecule has 3 aromatic rings. The topological polar surface area (TPSA) is 86.3 Å². The van der Waals surface area contributed by atoms with Gasteiger partial charge in [-0.25, -0.2) is 15.0 Å². The normalized spacial score (nSPS) is 12.7. The maximum absolute atomic E-state index is 4.65. The van der Waals surface area contributed by atoms with Crippen molar-refractivity contribution in [2.24, 2.45) is 7.05 Å². The third-order valence-corrected chi connectivity index (χ3v) is 3.42. The molecule has 0 fully saturated rings. The smallest absolute Gasteiger partial charge is 0.163 e. The third-order valence-electron chi connectivity index (χ3n) is 3.42. The van der Waals surface area contributed by atoms with Gasteiger partial charge in [0, 0.05) is 19.5 Å². The van der Waals surface area contributed by atoms with E-state index in [4.69, 9.17) is 0 Å². The van der Waals surface area contributed by atoms with Crippen molar-refractivity contribution in [3.05, 3.63) is 24.7 Å². The molecule has 3 aromatic heterocycles. The first-order chi connectivity index (χ1) is 10.7. The van der Waals surface area contributed by atoms with E-state index >= 15 is 0 Å². The summed E-state index contributed by atoms with van der Waals surface area (Å²) in [5, 5.41) is 12.8. The lowest BCUT2D eigenvalue weighted by Crippen LogP contribution is -2.23. The first-order valence-electron chi connectivity index (χ1n) is 7.45. The van der Waals surface area contributed by atoms with E-state index in [-0.39, 0.29) is 6.04 Å². The molecule has 0 unspecified atom stereocenters. The number of fused-ring (bicyclic) bond motifs is 1. The number of hydrogen-bond acceptors (Lipinski definition) is 6. The van der Waals surface area contributed by atoms with Crippen LogP contribution in [0.2, 0.25) is 0 Å². The molecule has 8 nitrogen and oxygen atoms in total. The molecule has 0 radical (unpaired) electrons. The molecular formula is C14H20N8. The van der Waals surface area contributed by atoms with Gasteiger partial charge in [0.1, 0.15) is 24.3 Å². The van der Waals surface area contributed by atoms with Gasteiger partial charge in [0.2, 0.25) is 0 Å². The molecule has 0 saturated carbocycles. The molecule has 0 bridgehead atoms. The third kappa shape index (κ3) is 2.90. The van der Waals surface area contributed by atoms with Crippen LogP contribution in [0.3, 0.4) is 0 Å². The number of anilines is 1. The molecule has 0 aromatic carbocycles. The van der Waals surface area contributed by atoms with E-state index in [1.54, 1.807) is 21.9 Å². The Bertz CT molecular complexity index is 746. The van der Waals surface area contributed by atoms with Gasteiger partial charge in [0.25, 0.3) is 0 Å². The van der Waals surface area contributed by atoms with E-state index < -0.39 is 0 Å². The highest BCUT2D eigenvalue weighted by molar-refractivity contribution is 5.86. The Morgan fingerprint density at radius 2 is 2.14 bits per heavy atom. The van der Waals surface area contributed by atoms with Gasteiger partial charge in [-0.15, -0.1) is 0 Å². The van der Waals surface area contributed by atoms with Crippen LogP contribution in [0.4, 0.5) is 5.82 Å². The number of hydrogen-bond donors (Lipinski definition) is 1. The van der Waals surface area contributed by atoms with E-state index in [2.05, 4.69) is 44.3 Å². The zero-order chi connectivity index (χ0) is 15.5. The van der Waals surface area contributed by atoms with Crippen molar-refractivity contribution in [2.45, 2.75) is 39.3 Å². The molecular weight excluding hydrogens is 280 g/mol. The summed E-state index contributed by atoms with van der Waals surface area (Å²) in [6.45, 7) is 4.93. The van der Waals surface area contributed by atoms with Gasteiger partial charge in [-0.1, -0.05) is 6.92 Å². The van der Waals surface area contributed by atoms with Crippen molar-refractivity contribution >= 4 is 16.9 Å². The highest BCUT2D eigenvalue weighted by Gasteiger charge is 2.13. The summed E-state index contributed by atoms with van der Waals surface area (Å²) in [7, 11) is 1.90. The molecule has 8 heteroatoms. The maximum atomic E-state index is 4.65. The van der Waals surface area contributed by atoms with Crippen LogP contribution < -0.4 is 5.32 Å². The molecule has 0 amide bonds. The Balaban J connectivity index is 1.88. The Morgan fingerprint density at radius 1 is 1.27 bits per heavy atom. The van der Waals surface area contributed by atoms with Crippen LogP contribution in [0.25, 0.3) is 11.0 Å². The van der Waals surface area contributed by atoms with Gasteiger partial charge in [-0.3, -0.25) is 9.36 Å². The molecule has 3 rings (SSSR count). The zero-order valence-electron chi connectivity index (χ0n) is 13.1. The van der Waals surface area contributed by atoms with Gasteiger partial charge in [-0.05, 0) is 13.3 Å². The summed E-state index contributed by atoms with van der Waals surface area (Å²) < 4.78 is 3.58. The van der Waals surface area contributed by atoms with Gasteiger partial charge < -0.3 is 5.32 Å². The number of rotatable bonds is 6.